The van der Waals surface area contributed by atoms with Crippen LogP contribution in [0.5, 0.6) is 0 Å². The van der Waals surface area contributed by atoms with E-state index in [4.69, 9.17) is 0 Å². The van der Waals surface area contributed by atoms with Crippen LogP contribution in [-0.4, -0.2) is 18.9 Å². The van der Waals surface area contributed by atoms with Crippen molar-refractivity contribution in [2.75, 3.05) is 0 Å². The molecule has 0 saturated carbocycles. The van der Waals surface area contributed by atoms with Crippen LogP contribution in [-0.2, 0) is 10.0 Å². The lowest BCUT2D eigenvalue weighted by atomic mass is 10.1. The Labute approximate surface area is 77.2 Å². The molecule has 0 aliphatic rings. The number of oxazole rings is 1. The Bertz CT molecular complexity index is 361. The number of rotatable bonds is 2. The summed E-state index contributed by atoms with van der Waals surface area (Å²) in [6.07, 6.45) is 2.24. The number of hydrogen-bond donors (Lipinski definition) is 1. The molecular weight excluding hydrogens is 192 g/mol. The molecule has 0 radical (unpaired) electrons. The molecule has 1 heterocycles. The molecule has 5 nitrogen and oxygen atoms in total. The van der Waals surface area contributed by atoms with E-state index in [1.165, 1.54) is 0 Å². The summed E-state index contributed by atoms with van der Waals surface area (Å²) in [7, 11) is -3.55. The molecule has 0 aliphatic heterocycles. The van der Waals surface area contributed by atoms with Crippen molar-refractivity contribution in [1.82, 2.24) is 9.71 Å². The van der Waals surface area contributed by atoms with Crippen LogP contribution < -0.4 is 4.72 Å². The Balaban J connectivity index is 2.93. The predicted octanol–water partition coefficient (Wildman–Crippen LogP) is 0.751. The molecule has 0 unspecified atom stereocenters. The van der Waals surface area contributed by atoms with Crippen molar-refractivity contribution in [3.05, 3.63) is 12.6 Å². The zero-order valence-corrected chi connectivity index (χ0v) is 8.55. The smallest absolute Gasteiger partial charge is 0.276 e. The fraction of sp³-hybridized carbons (Fsp3) is 0.571. The molecule has 0 saturated heterocycles. The molecule has 0 spiro atoms. The van der Waals surface area contributed by atoms with Gasteiger partial charge in [-0.1, -0.05) is 0 Å². The number of aromatic nitrogens is 1. The highest BCUT2D eigenvalue weighted by Gasteiger charge is 2.24. The molecule has 6 heteroatoms. The van der Waals surface area contributed by atoms with E-state index in [2.05, 4.69) is 14.1 Å². The second-order valence-electron chi connectivity index (χ2n) is 3.68. The fourth-order valence-corrected chi connectivity index (χ4v) is 2.07. The number of sulfonamides is 1. The van der Waals surface area contributed by atoms with Crippen LogP contribution >= 0.6 is 0 Å². The zero-order valence-electron chi connectivity index (χ0n) is 7.73. The highest BCUT2D eigenvalue weighted by atomic mass is 32.2. The number of nitrogens with zero attached hydrogens (tertiary/aromatic N) is 1. The monoisotopic (exact) mass is 204 g/mol. The summed E-state index contributed by atoms with van der Waals surface area (Å²) in [5.41, 5.74) is -0.522. The number of hydrogen-bond acceptors (Lipinski definition) is 4. The second-order valence-corrected chi connectivity index (χ2v) is 5.29. The van der Waals surface area contributed by atoms with Gasteiger partial charge in [-0.05, 0) is 20.8 Å². The van der Waals surface area contributed by atoms with Gasteiger partial charge in [0.1, 0.15) is 0 Å². The van der Waals surface area contributed by atoms with Gasteiger partial charge in [0.05, 0.1) is 6.20 Å². The summed E-state index contributed by atoms with van der Waals surface area (Å²) < 4.78 is 30.0. The van der Waals surface area contributed by atoms with E-state index >= 15 is 0 Å². The lowest BCUT2D eigenvalue weighted by molar-refractivity contribution is 0.427. The maximum Gasteiger partial charge on any atom is 0.276 e. The van der Waals surface area contributed by atoms with Gasteiger partial charge in [-0.2, -0.15) is 0 Å². The molecule has 0 aliphatic carbocycles. The van der Waals surface area contributed by atoms with Gasteiger partial charge < -0.3 is 4.42 Å². The van der Waals surface area contributed by atoms with Crippen molar-refractivity contribution in [2.24, 2.45) is 0 Å². The first-order valence-corrected chi connectivity index (χ1v) is 5.22. The Kier molecular flexibility index (Phi) is 2.44. The summed E-state index contributed by atoms with van der Waals surface area (Å²) in [4.78, 5) is 3.53. The first-order chi connectivity index (χ1) is 5.81. The van der Waals surface area contributed by atoms with Gasteiger partial charge in [-0.3, -0.25) is 0 Å². The molecule has 0 bridgehead atoms. The minimum Gasteiger partial charge on any atom is -0.431 e. The third-order valence-electron chi connectivity index (χ3n) is 1.12. The van der Waals surface area contributed by atoms with Crippen molar-refractivity contribution in [3.8, 4) is 0 Å². The van der Waals surface area contributed by atoms with Crippen LogP contribution in [0.1, 0.15) is 20.8 Å². The lowest BCUT2D eigenvalue weighted by Gasteiger charge is -2.18. The van der Waals surface area contributed by atoms with E-state index in [0.717, 1.165) is 12.6 Å². The third-order valence-corrected chi connectivity index (χ3v) is 2.73. The van der Waals surface area contributed by atoms with Crippen LogP contribution in [0.4, 0.5) is 0 Å². The maximum atomic E-state index is 11.5. The van der Waals surface area contributed by atoms with Crippen LogP contribution in [0.15, 0.2) is 22.1 Å². The highest BCUT2D eigenvalue weighted by Crippen LogP contribution is 2.10. The Morgan fingerprint density at radius 1 is 1.46 bits per heavy atom. The third kappa shape index (κ3) is 2.82. The summed E-state index contributed by atoms with van der Waals surface area (Å²) in [5.74, 6) is 0. The van der Waals surface area contributed by atoms with Crippen molar-refractivity contribution >= 4 is 10.0 Å². The Hall–Kier alpha value is -0.880. The van der Waals surface area contributed by atoms with E-state index in [1.54, 1.807) is 20.8 Å². The van der Waals surface area contributed by atoms with Crippen molar-refractivity contribution < 1.29 is 12.8 Å². The van der Waals surface area contributed by atoms with Crippen molar-refractivity contribution in [1.29, 1.82) is 0 Å². The summed E-state index contributed by atoms with van der Waals surface area (Å²) in [6, 6.07) is 0. The SMILES string of the molecule is CC(C)(C)NS(=O)(=O)c1cnco1. The molecule has 0 aromatic carbocycles. The van der Waals surface area contributed by atoms with E-state index in [0.29, 0.717) is 0 Å². The van der Waals surface area contributed by atoms with Crippen LogP contribution in [0.3, 0.4) is 0 Å². The minimum atomic E-state index is -3.55. The fourth-order valence-electron chi connectivity index (χ4n) is 0.790. The molecule has 0 atom stereocenters. The van der Waals surface area contributed by atoms with Gasteiger partial charge in [0.25, 0.3) is 15.1 Å². The molecule has 1 N–H and O–H groups in total. The minimum absolute atomic E-state index is 0.164. The van der Waals surface area contributed by atoms with E-state index < -0.39 is 15.6 Å². The van der Waals surface area contributed by atoms with Crippen LogP contribution in [0, 0.1) is 0 Å². The Morgan fingerprint density at radius 3 is 2.46 bits per heavy atom. The molecule has 13 heavy (non-hydrogen) atoms. The van der Waals surface area contributed by atoms with Crippen LogP contribution in [0.2, 0.25) is 0 Å². The summed E-state index contributed by atoms with van der Waals surface area (Å²) in [5, 5.41) is -0.164. The second kappa shape index (κ2) is 3.12. The van der Waals surface area contributed by atoms with E-state index in [-0.39, 0.29) is 5.09 Å². The molecule has 74 valence electrons. The first-order valence-electron chi connectivity index (χ1n) is 3.74. The molecule has 0 amide bonds. The van der Waals surface area contributed by atoms with Crippen molar-refractivity contribution in [3.63, 3.8) is 0 Å². The largest absolute Gasteiger partial charge is 0.431 e. The van der Waals surface area contributed by atoms with Gasteiger partial charge in [0.2, 0.25) is 0 Å². The van der Waals surface area contributed by atoms with Gasteiger partial charge in [0.15, 0.2) is 6.39 Å². The topological polar surface area (TPSA) is 72.2 Å². The summed E-state index contributed by atoms with van der Waals surface area (Å²) in [6.45, 7) is 5.25. The van der Waals surface area contributed by atoms with Gasteiger partial charge in [-0.25, -0.2) is 18.1 Å². The molecule has 1 rings (SSSR count). The maximum absolute atomic E-state index is 11.5. The molecule has 0 fully saturated rings. The van der Waals surface area contributed by atoms with Gasteiger partial charge in [-0.15, -0.1) is 0 Å². The molecule has 1 aromatic rings. The molecular formula is C7H12N2O3S. The molecule has 1 aromatic heterocycles. The zero-order chi connectivity index (χ0) is 10.1. The average molecular weight is 204 g/mol. The van der Waals surface area contributed by atoms with Gasteiger partial charge in [0, 0.05) is 5.54 Å². The standard InChI is InChI=1S/C7H12N2O3S/c1-7(2,3)9-13(10,11)6-4-8-5-12-6/h4-5,9H,1-3H3. The highest BCUT2D eigenvalue weighted by molar-refractivity contribution is 7.89. The number of nitrogens with one attached hydrogen (secondary N) is 1. The van der Waals surface area contributed by atoms with Gasteiger partial charge >= 0.3 is 0 Å². The van der Waals surface area contributed by atoms with E-state index in [9.17, 15) is 8.42 Å². The quantitative estimate of drug-likeness (QED) is 0.771. The van der Waals surface area contributed by atoms with Crippen molar-refractivity contribution in [2.45, 2.75) is 31.4 Å². The Morgan fingerprint density at radius 2 is 2.08 bits per heavy atom. The average Bonchev–Trinajstić information content (AvgIpc) is 2.29. The predicted molar refractivity (Wildman–Crippen MR) is 46.6 cm³/mol. The summed E-state index contributed by atoms with van der Waals surface area (Å²) >= 11 is 0. The lowest BCUT2D eigenvalue weighted by Crippen LogP contribution is -2.40. The normalized spacial score (nSPS) is 13.2. The first kappa shape index (κ1) is 10.2. The van der Waals surface area contributed by atoms with E-state index in [1.807, 2.05) is 0 Å². The van der Waals surface area contributed by atoms with Crippen LogP contribution in [0.25, 0.3) is 0 Å².